The summed E-state index contributed by atoms with van der Waals surface area (Å²) in [5.41, 5.74) is 0. The average molecular weight is 253 g/mol. The fraction of sp³-hybridized carbons (Fsp3) is 0.917. The number of nitrogens with one attached hydrogen (secondary N) is 1. The molecule has 6 heteroatoms. The first-order valence-electron chi connectivity index (χ1n) is 6.58. The summed E-state index contributed by atoms with van der Waals surface area (Å²) in [6.07, 6.45) is 1.37. The summed E-state index contributed by atoms with van der Waals surface area (Å²) in [4.78, 5) is 1.50. The van der Waals surface area contributed by atoms with Crippen LogP contribution in [0.2, 0.25) is 0 Å². The van der Waals surface area contributed by atoms with Gasteiger partial charge in [-0.2, -0.15) is 4.80 Å². The van der Waals surface area contributed by atoms with Gasteiger partial charge in [-0.25, -0.2) is 0 Å². The van der Waals surface area contributed by atoms with Crippen molar-refractivity contribution in [3.63, 3.8) is 0 Å². The molecule has 0 radical (unpaired) electrons. The van der Waals surface area contributed by atoms with Crippen molar-refractivity contribution in [2.24, 2.45) is 18.9 Å². The summed E-state index contributed by atoms with van der Waals surface area (Å²) in [5, 5.41) is 15.6. The third-order valence-electron chi connectivity index (χ3n) is 4.11. The number of aryl methyl sites for hydroxylation is 1. The van der Waals surface area contributed by atoms with Crippen LogP contribution in [0.1, 0.15) is 26.6 Å². The molecule has 2 rings (SSSR count). The van der Waals surface area contributed by atoms with Gasteiger partial charge < -0.3 is 10.1 Å². The molecule has 0 amide bonds. The minimum absolute atomic E-state index is 0.268. The zero-order chi connectivity index (χ0) is 13.3. The van der Waals surface area contributed by atoms with Crippen LogP contribution in [0.3, 0.4) is 0 Å². The molecule has 1 aromatic rings. The number of aromatic nitrogens is 4. The van der Waals surface area contributed by atoms with Gasteiger partial charge in [0, 0.05) is 18.4 Å². The number of hydrogen-bond donors (Lipinski definition) is 1. The minimum Gasteiger partial charge on any atom is -0.375 e. The van der Waals surface area contributed by atoms with Crippen LogP contribution in [0.25, 0.3) is 0 Å². The highest BCUT2D eigenvalue weighted by atomic mass is 16.5. The largest absolute Gasteiger partial charge is 0.375 e. The van der Waals surface area contributed by atoms with Crippen LogP contribution in [0.5, 0.6) is 0 Å². The summed E-state index contributed by atoms with van der Waals surface area (Å²) in [6.45, 7) is 6.56. The summed E-state index contributed by atoms with van der Waals surface area (Å²) in [5.74, 6) is 1.80. The molecular weight excluding hydrogens is 230 g/mol. The van der Waals surface area contributed by atoms with Gasteiger partial charge in [0.05, 0.1) is 19.3 Å². The molecular formula is C12H23N5O. The van der Waals surface area contributed by atoms with E-state index in [-0.39, 0.29) is 6.10 Å². The van der Waals surface area contributed by atoms with E-state index in [1.54, 1.807) is 7.05 Å². The maximum atomic E-state index is 5.91. The Labute approximate surface area is 108 Å². The van der Waals surface area contributed by atoms with Gasteiger partial charge in [0.15, 0.2) is 5.82 Å². The second-order valence-electron chi connectivity index (χ2n) is 5.28. The van der Waals surface area contributed by atoms with Gasteiger partial charge in [-0.15, -0.1) is 10.2 Å². The molecule has 0 bridgehead atoms. The van der Waals surface area contributed by atoms with E-state index in [1.165, 1.54) is 4.80 Å². The molecule has 0 aliphatic carbocycles. The molecule has 1 saturated heterocycles. The van der Waals surface area contributed by atoms with Gasteiger partial charge in [0.1, 0.15) is 0 Å². The number of nitrogens with zero attached hydrogens (tertiary/aromatic N) is 4. The molecule has 0 saturated carbocycles. The molecule has 102 valence electrons. The Kier molecular flexibility index (Phi) is 3.97. The van der Waals surface area contributed by atoms with E-state index in [0.717, 1.165) is 12.2 Å². The first-order chi connectivity index (χ1) is 8.52. The Balaban J connectivity index is 2.08. The number of rotatable bonds is 4. The first-order valence-corrected chi connectivity index (χ1v) is 6.58. The van der Waals surface area contributed by atoms with Crippen molar-refractivity contribution in [2.75, 3.05) is 7.05 Å². The predicted molar refractivity (Wildman–Crippen MR) is 68.0 cm³/mol. The molecule has 5 atom stereocenters. The molecule has 1 aromatic heterocycles. The smallest absolute Gasteiger partial charge is 0.176 e. The fourth-order valence-corrected chi connectivity index (χ4v) is 3.02. The van der Waals surface area contributed by atoms with Gasteiger partial charge >= 0.3 is 0 Å². The highest BCUT2D eigenvalue weighted by Crippen LogP contribution is 2.35. The number of hydrogen-bond acceptors (Lipinski definition) is 5. The SMILES string of the molecule is CNC(Cc1nnn(C)n1)C1C(C)OC(C)C1C. The Hall–Kier alpha value is -1.01. The van der Waals surface area contributed by atoms with E-state index in [9.17, 15) is 0 Å². The summed E-state index contributed by atoms with van der Waals surface area (Å²) in [7, 11) is 3.78. The van der Waals surface area contributed by atoms with Crippen molar-refractivity contribution in [2.45, 2.75) is 45.4 Å². The lowest BCUT2D eigenvalue weighted by atomic mass is 9.82. The van der Waals surface area contributed by atoms with Crippen molar-refractivity contribution in [3.8, 4) is 0 Å². The van der Waals surface area contributed by atoms with E-state index in [1.807, 2.05) is 7.05 Å². The van der Waals surface area contributed by atoms with Crippen molar-refractivity contribution in [3.05, 3.63) is 5.82 Å². The molecule has 5 unspecified atom stereocenters. The first kappa shape index (κ1) is 13.4. The summed E-state index contributed by atoms with van der Waals surface area (Å²) < 4.78 is 5.91. The quantitative estimate of drug-likeness (QED) is 0.841. The molecule has 0 spiro atoms. The average Bonchev–Trinajstić information content (AvgIpc) is 2.82. The highest BCUT2D eigenvalue weighted by molar-refractivity contribution is 4.95. The summed E-state index contributed by atoms with van der Waals surface area (Å²) >= 11 is 0. The number of tetrazole rings is 1. The monoisotopic (exact) mass is 253 g/mol. The van der Waals surface area contributed by atoms with Crippen LogP contribution in [-0.2, 0) is 18.2 Å². The van der Waals surface area contributed by atoms with Crippen LogP contribution in [-0.4, -0.2) is 45.5 Å². The topological polar surface area (TPSA) is 64.9 Å². The van der Waals surface area contributed by atoms with E-state index < -0.39 is 0 Å². The molecule has 1 aliphatic heterocycles. The van der Waals surface area contributed by atoms with E-state index in [4.69, 9.17) is 4.74 Å². The van der Waals surface area contributed by atoms with Crippen molar-refractivity contribution >= 4 is 0 Å². The summed E-state index contributed by atoms with van der Waals surface area (Å²) in [6, 6.07) is 0.323. The number of likely N-dealkylation sites (N-methyl/N-ethyl adjacent to an activating group) is 1. The van der Waals surface area contributed by atoms with E-state index >= 15 is 0 Å². The molecule has 1 N–H and O–H groups in total. The van der Waals surface area contributed by atoms with Gasteiger partial charge in [-0.1, -0.05) is 6.92 Å². The maximum absolute atomic E-state index is 5.91. The zero-order valence-corrected chi connectivity index (χ0v) is 11.8. The third-order valence-corrected chi connectivity index (χ3v) is 4.11. The minimum atomic E-state index is 0.268. The Morgan fingerprint density at radius 3 is 2.50 bits per heavy atom. The molecule has 0 aromatic carbocycles. The fourth-order valence-electron chi connectivity index (χ4n) is 3.02. The van der Waals surface area contributed by atoms with Gasteiger partial charge in [0.2, 0.25) is 0 Å². The molecule has 6 nitrogen and oxygen atoms in total. The third kappa shape index (κ3) is 2.54. The second kappa shape index (κ2) is 5.32. The van der Waals surface area contributed by atoms with E-state index in [0.29, 0.717) is 24.0 Å². The Morgan fingerprint density at radius 2 is 2.06 bits per heavy atom. The normalized spacial score (nSPS) is 33.8. The zero-order valence-electron chi connectivity index (χ0n) is 11.8. The lowest BCUT2D eigenvalue weighted by Crippen LogP contribution is -2.41. The van der Waals surface area contributed by atoms with Crippen molar-refractivity contribution < 1.29 is 4.74 Å². The number of ether oxygens (including phenoxy) is 1. The molecule has 2 heterocycles. The van der Waals surface area contributed by atoms with Crippen LogP contribution in [0.15, 0.2) is 0 Å². The molecule has 1 aliphatic rings. The molecule has 1 fully saturated rings. The van der Waals surface area contributed by atoms with Crippen LogP contribution in [0.4, 0.5) is 0 Å². The molecule has 18 heavy (non-hydrogen) atoms. The Bertz CT molecular complexity index is 394. The lowest BCUT2D eigenvalue weighted by molar-refractivity contribution is 0.0478. The van der Waals surface area contributed by atoms with Gasteiger partial charge in [-0.05, 0) is 32.0 Å². The standard InChI is InChI=1S/C12H23N5O/c1-7-8(2)18-9(3)12(7)10(13-4)6-11-14-16-17(5)15-11/h7-10,12-13H,6H2,1-5H3. The van der Waals surface area contributed by atoms with Gasteiger partial charge in [0.25, 0.3) is 0 Å². The van der Waals surface area contributed by atoms with Crippen LogP contribution < -0.4 is 5.32 Å². The van der Waals surface area contributed by atoms with Crippen molar-refractivity contribution in [1.29, 1.82) is 0 Å². The predicted octanol–water partition coefficient (Wildman–Crippen LogP) is 0.400. The van der Waals surface area contributed by atoms with Gasteiger partial charge in [-0.3, -0.25) is 0 Å². The maximum Gasteiger partial charge on any atom is 0.176 e. The van der Waals surface area contributed by atoms with Crippen molar-refractivity contribution in [1.82, 2.24) is 25.5 Å². The highest BCUT2D eigenvalue weighted by Gasteiger charge is 2.41. The Morgan fingerprint density at radius 1 is 1.33 bits per heavy atom. The van der Waals surface area contributed by atoms with E-state index in [2.05, 4.69) is 41.5 Å². The van der Waals surface area contributed by atoms with Crippen LogP contribution >= 0.6 is 0 Å². The lowest BCUT2D eigenvalue weighted by Gasteiger charge is -2.27. The van der Waals surface area contributed by atoms with Crippen LogP contribution in [0, 0.1) is 11.8 Å². The second-order valence-corrected chi connectivity index (χ2v) is 5.28.